The maximum Gasteiger partial charge on any atom is 0.416 e. The normalized spacial score (nSPS) is 11.8. The number of ether oxygens (including phenoxy) is 1. The fourth-order valence-electron chi connectivity index (χ4n) is 2.19. The molecular formula is C17H13F3N4O5S. The van der Waals surface area contributed by atoms with Crippen LogP contribution in [0.15, 0.2) is 29.6 Å². The molecule has 0 bridgehead atoms. The minimum atomic E-state index is -4.77. The van der Waals surface area contributed by atoms with Crippen LogP contribution in [0.1, 0.15) is 18.1 Å². The monoisotopic (exact) mass is 442 g/mol. The van der Waals surface area contributed by atoms with Crippen molar-refractivity contribution in [3.8, 4) is 6.07 Å². The van der Waals surface area contributed by atoms with Gasteiger partial charge in [0.2, 0.25) is 0 Å². The average molecular weight is 442 g/mol. The molecule has 1 atom stereocenters. The van der Waals surface area contributed by atoms with Crippen molar-refractivity contribution in [3.63, 3.8) is 0 Å². The lowest BCUT2D eigenvalue weighted by Crippen LogP contribution is -2.31. The second-order valence-corrected chi connectivity index (χ2v) is 6.70. The summed E-state index contributed by atoms with van der Waals surface area (Å²) in [5.41, 5.74) is -2.16. The van der Waals surface area contributed by atoms with Gasteiger partial charge in [0.05, 0.1) is 16.1 Å². The van der Waals surface area contributed by atoms with Crippen molar-refractivity contribution >= 4 is 39.6 Å². The van der Waals surface area contributed by atoms with Crippen LogP contribution < -0.4 is 10.6 Å². The van der Waals surface area contributed by atoms with Gasteiger partial charge in [0.15, 0.2) is 6.61 Å². The fraction of sp³-hybridized carbons (Fsp3) is 0.235. The van der Waals surface area contributed by atoms with Crippen LogP contribution in [-0.2, 0) is 20.5 Å². The van der Waals surface area contributed by atoms with E-state index in [1.165, 1.54) is 13.0 Å². The Kier molecular flexibility index (Phi) is 6.96. The number of rotatable bonds is 7. The van der Waals surface area contributed by atoms with Gasteiger partial charge in [-0.25, -0.2) is 4.79 Å². The molecular weight excluding hydrogens is 429 g/mol. The van der Waals surface area contributed by atoms with E-state index in [4.69, 9.17) is 10.00 Å². The number of nitro benzene ring substituents is 1. The second kappa shape index (κ2) is 9.23. The maximum absolute atomic E-state index is 12.7. The first-order chi connectivity index (χ1) is 14.0. The van der Waals surface area contributed by atoms with Crippen molar-refractivity contribution in [1.29, 1.82) is 5.26 Å². The van der Waals surface area contributed by atoms with E-state index in [1.54, 1.807) is 5.38 Å². The average Bonchev–Trinajstić information content (AvgIpc) is 3.12. The number of nitriles is 1. The van der Waals surface area contributed by atoms with Crippen LogP contribution in [0.3, 0.4) is 0 Å². The van der Waals surface area contributed by atoms with Crippen molar-refractivity contribution in [2.75, 3.05) is 17.2 Å². The summed E-state index contributed by atoms with van der Waals surface area (Å²) in [6.07, 6.45) is -4.77. The molecule has 30 heavy (non-hydrogen) atoms. The van der Waals surface area contributed by atoms with E-state index in [9.17, 15) is 32.9 Å². The van der Waals surface area contributed by atoms with Crippen LogP contribution in [0, 0.1) is 21.4 Å². The quantitative estimate of drug-likeness (QED) is 0.380. The van der Waals surface area contributed by atoms with E-state index in [0.29, 0.717) is 12.1 Å². The number of nitrogens with one attached hydrogen (secondary N) is 2. The van der Waals surface area contributed by atoms with Gasteiger partial charge >= 0.3 is 12.1 Å². The molecule has 0 aliphatic carbocycles. The molecule has 0 spiro atoms. The molecule has 1 heterocycles. The molecule has 2 aromatic rings. The number of hydrogen-bond acceptors (Lipinski definition) is 8. The smallest absolute Gasteiger partial charge is 0.416 e. The van der Waals surface area contributed by atoms with Gasteiger partial charge in [-0.1, -0.05) is 0 Å². The van der Waals surface area contributed by atoms with E-state index < -0.39 is 46.9 Å². The highest BCUT2D eigenvalue weighted by Crippen LogP contribution is 2.35. The van der Waals surface area contributed by atoms with Gasteiger partial charge in [0, 0.05) is 6.07 Å². The number of halogens is 3. The number of esters is 1. The van der Waals surface area contributed by atoms with Crippen LogP contribution in [0.2, 0.25) is 0 Å². The van der Waals surface area contributed by atoms with E-state index in [-0.39, 0.29) is 16.3 Å². The Morgan fingerprint density at radius 2 is 2.07 bits per heavy atom. The Morgan fingerprint density at radius 3 is 2.67 bits per heavy atom. The summed E-state index contributed by atoms with van der Waals surface area (Å²) in [5, 5.41) is 26.6. The van der Waals surface area contributed by atoms with E-state index in [0.717, 1.165) is 17.4 Å². The van der Waals surface area contributed by atoms with Gasteiger partial charge in [-0.15, -0.1) is 11.3 Å². The number of thiophene rings is 1. The highest BCUT2D eigenvalue weighted by atomic mass is 32.1. The summed E-state index contributed by atoms with van der Waals surface area (Å²) in [6, 6.07) is 3.98. The molecule has 0 aliphatic rings. The molecule has 1 aromatic heterocycles. The standard InChI is InChI=1S/C17H13F3N4O5S/c1-9(16(26)29-8-14(25)23-15-10(7-21)4-5-30-15)22-12-3-2-11(17(18,19)20)6-13(12)24(27)28/h2-6,9,22H,8H2,1H3,(H,23,25)/t9-/m0/s1. The van der Waals surface area contributed by atoms with Crippen LogP contribution >= 0.6 is 11.3 Å². The lowest BCUT2D eigenvalue weighted by molar-refractivity contribution is -0.384. The zero-order chi connectivity index (χ0) is 22.5. The zero-order valence-corrected chi connectivity index (χ0v) is 16.0. The number of carbonyl (C=O) groups is 2. The summed E-state index contributed by atoms with van der Waals surface area (Å²) in [7, 11) is 0. The number of alkyl halides is 3. The topological polar surface area (TPSA) is 134 Å². The molecule has 0 fully saturated rings. The number of carbonyl (C=O) groups excluding carboxylic acids is 2. The molecule has 2 N–H and O–H groups in total. The van der Waals surface area contributed by atoms with Gasteiger partial charge < -0.3 is 15.4 Å². The lowest BCUT2D eigenvalue weighted by Gasteiger charge is -2.15. The van der Waals surface area contributed by atoms with Crippen LogP contribution in [-0.4, -0.2) is 29.4 Å². The van der Waals surface area contributed by atoms with Gasteiger partial charge in [0.1, 0.15) is 22.8 Å². The Bertz CT molecular complexity index is 1020. The number of hydrogen-bond donors (Lipinski definition) is 2. The zero-order valence-electron chi connectivity index (χ0n) is 15.1. The van der Waals surface area contributed by atoms with Crippen molar-refractivity contribution in [2.24, 2.45) is 0 Å². The SMILES string of the molecule is C[C@H](Nc1ccc(C(F)(F)F)cc1[N+](=O)[O-])C(=O)OCC(=O)Nc1sccc1C#N. The lowest BCUT2D eigenvalue weighted by atomic mass is 10.1. The highest BCUT2D eigenvalue weighted by Gasteiger charge is 2.33. The molecule has 0 saturated heterocycles. The van der Waals surface area contributed by atoms with Crippen molar-refractivity contribution < 1.29 is 32.4 Å². The van der Waals surface area contributed by atoms with Crippen molar-refractivity contribution in [1.82, 2.24) is 0 Å². The molecule has 1 aromatic carbocycles. The molecule has 0 unspecified atom stereocenters. The summed E-state index contributed by atoms with van der Waals surface area (Å²) >= 11 is 1.10. The molecule has 2 rings (SSSR count). The second-order valence-electron chi connectivity index (χ2n) is 5.78. The van der Waals surface area contributed by atoms with Crippen LogP contribution in [0.25, 0.3) is 0 Å². The van der Waals surface area contributed by atoms with Crippen LogP contribution in [0.5, 0.6) is 0 Å². The highest BCUT2D eigenvalue weighted by molar-refractivity contribution is 7.14. The molecule has 0 saturated carbocycles. The fourth-order valence-corrected chi connectivity index (χ4v) is 2.95. The largest absolute Gasteiger partial charge is 0.454 e. The summed E-state index contributed by atoms with van der Waals surface area (Å²) in [4.78, 5) is 33.9. The summed E-state index contributed by atoms with van der Waals surface area (Å²) < 4.78 is 43.0. The minimum Gasteiger partial charge on any atom is -0.454 e. The predicted octanol–water partition coefficient (Wildman–Crippen LogP) is 3.53. The molecule has 158 valence electrons. The number of amides is 1. The third-order valence-electron chi connectivity index (χ3n) is 3.63. The Balaban J connectivity index is 1.99. The third-order valence-corrected chi connectivity index (χ3v) is 4.46. The van der Waals surface area contributed by atoms with Gasteiger partial charge in [0.25, 0.3) is 11.6 Å². The van der Waals surface area contributed by atoms with E-state index in [1.807, 2.05) is 6.07 Å². The number of nitrogens with zero attached hydrogens (tertiary/aromatic N) is 2. The first kappa shape index (κ1) is 22.6. The Morgan fingerprint density at radius 1 is 1.37 bits per heavy atom. The number of nitro groups is 1. The third kappa shape index (κ3) is 5.67. The van der Waals surface area contributed by atoms with E-state index >= 15 is 0 Å². The molecule has 13 heteroatoms. The Hall–Kier alpha value is -3.66. The summed E-state index contributed by atoms with van der Waals surface area (Å²) in [5.74, 6) is -1.68. The van der Waals surface area contributed by atoms with Gasteiger partial charge in [-0.2, -0.15) is 18.4 Å². The molecule has 0 radical (unpaired) electrons. The van der Waals surface area contributed by atoms with E-state index in [2.05, 4.69) is 10.6 Å². The minimum absolute atomic E-state index is 0.240. The maximum atomic E-state index is 12.7. The number of benzene rings is 1. The van der Waals surface area contributed by atoms with Crippen LogP contribution in [0.4, 0.5) is 29.5 Å². The molecule has 9 nitrogen and oxygen atoms in total. The van der Waals surface area contributed by atoms with Gasteiger partial charge in [-0.05, 0) is 30.5 Å². The molecule has 1 amide bonds. The van der Waals surface area contributed by atoms with Crippen molar-refractivity contribution in [2.45, 2.75) is 19.1 Å². The first-order valence-corrected chi connectivity index (χ1v) is 8.97. The predicted molar refractivity (Wildman–Crippen MR) is 99.8 cm³/mol. The first-order valence-electron chi connectivity index (χ1n) is 8.09. The molecule has 0 aliphatic heterocycles. The van der Waals surface area contributed by atoms with Crippen molar-refractivity contribution in [3.05, 3.63) is 50.9 Å². The number of anilines is 2. The van der Waals surface area contributed by atoms with Gasteiger partial charge in [-0.3, -0.25) is 14.9 Å². The summed E-state index contributed by atoms with van der Waals surface area (Å²) in [6.45, 7) is 0.567. The Labute approximate surface area is 171 Å².